The number of anilines is 1. The Morgan fingerprint density at radius 1 is 1.44 bits per heavy atom. The predicted molar refractivity (Wildman–Crippen MR) is 69.4 cm³/mol. The van der Waals surface area contributed by atoms with Crippen molar-refractivity contribution in [3.8, 4) is 0 Å². The molecule has 0 radical (unpaired) electrons. The van der Waals surface area contributed by atoms with Gasteiger partial charge in [0, 0.05) is 24.2 Å². The van der Waals surface area contributed by atoms with Gasteiger partial charge >= 0.3 is 0 Å². The molecule has 0 unspecified atom stereocenters. The van der Waals surface area contributed by atoms with Gasteiger partial charge in [-0.2, -0.15) is 0 Å². The van der Waals surface area contributed by atoms with Crippen molar-refractivity contribution in [3.63, 3.8) is 0 Å². The summed E-state index contributed by atoms with van der Waals surface area (Å²) in [5, 5.41) is 3.13. The number of benzene rings is 1. The topological polar surface area (TPSA) is 81.1 Å². The number of carbonyl (C=O) groups excluding carboxylic acids is 1. The highest BCUT2D eigenvalue weighted by Gasteiger charge is 2.07. The summed E-state index contributed by atoms with van der Waals surface area (Å²) < 4.78 is 0. The van der Waals surface area contributed by atoms with Gasteiger partial charge in [-0.05, 0) is 18.6 Å². The average Bonchev–Trinajstić information content (AvgIpc) is 2.19. The van der Waals surface area contributed by atoms with Crippen molar-refractivity contribution in [2.75, 3.05) is 11.9 Å². The van der Waals surface area contributed by atoms with E-state index in [2.05, 4.69) is 5.32 Å². The van der Waals surface area contributed by atoms with Crippen LogP contribution in [-0.4, -0.2) is 17.4 Å². The van der Waals surface area contributed by atoms with Crippen LogP contribution in [0.4, 0.5) is 5.69 Å². The van der Waals surface area contributed by atoms with Gasteiger partial charge in [-0.25, -0.2) is 0 Å². The summed E-state index contributed by atoms with van der Waals surface area (Å²) in [6.45, 7) is 2.43. The molecule has 0 saturated heterocycles. The molecular weight excluding hydrogens is 222 g/mol. The molecular formula is C11H15N3OS. The SMILES string of the molecule is Cc1cccc(C(N)=S)c1NCCC(N)=O. The number of aryl methyl sites for hydroxylation is 1. The molecule has 5 heteroatoms. The van der Waals surface area contributed by atoms with Gasteiger partial charge in [0.1, 0.15) is 4.99 Å². The molecule has 0 aliphatic carbocycles. The molecule has 1 rings (SSSR count). The van der Waals surface area contributed by atoms with E-state index in [0.717, 1.165) is 16.8 Å². The summed E-state index contributed by atoms with van der Waals surface area (Å²) in [6.07, 6.45) is 0.283. The highest BCUT2D eigenvalue weighted by Crippen LogP contribution is 2.20. The highest BCUT2D eigenvalue weighted by atomic mass is 32.1. The number of nitrogens with one attached hydrogen (secondary N) is 1. The van der Waals surface area contributed by atoms with Gasteiger partial charge in [0.05, 0.1) is 0 Å². The van der Waals surface area contributed by atoms with Crippen LogP contribution in [-0.2, 0) is 4.79 Å². The maximum atomic E-state index is 10.6. The number of hydrogen-bond acceptors (Lipinski definition) is 3. The lowest BCUT2D eigenvalue weighted by molar-refractivity contribution is -0.117. The van der Waals surface area contributed by atoms with E-state index in [4.69, 9.17) is 23.7 Å². The van der Waals surface area contributed by atoms with Gasteiger partial charge in [0.15, 0.2) is 0 Å². The summed E-state index contributed by atoms with van der Waals surface area (Å²) in [6, 6.07) is 5.69. The second-order valence-corrected chi connectivity index (χ2v) is 3.94. The van der Waals surface area contributed by atoms with Gasteiger partial charge in [-0.15, -0.1) is 0 Å². The third-order valence-electron chi connectivity index (χ3n) is 2.21. The number of hydrogen-bond donors (Lipinski definition) is 3. The molecule has 0 atom stereocenters. The van der Waals surface area contributed by atoms with E-state index in [0.29, 0.717) is 11.5 Å². The fourth-order valence-electron chi connectivity index (χ4n) is 1.42. The molecule has 0 spiro atoms. The largest absolute Gasteiger partial charge is 0.389 e. The first-order valence-corrected chi connectivity index (χ1v) is 5.34. The maximum Gasteiger partial charge on any atom is 0.219 e. The Morgan fingerprint density at radius 3 is 2.69 bits per heavy atom. The normalized spacial score (nSPS) is 9.81. The molecule has 0 bridgehead atoms. The zero-order valence-corrected chi connectivity index (χ0v) is 9.93. The van der Waals surface area contributed by atoms with Crippen molar-refractivity contribution < 1.29 is 4.79 Å². The Kier molecular flexibility index (Phi) is 4.25. The Labute approximate surface area is 100 Å². The number of thiocarbonyl (C=S) groups is 1. The Hall–Kier alpha value is -1.62. The molecule has 0 heterocycles. The summed E-state index contributed by atoms with van der Waals surface area (Å²) in [7, 11) is 0. The smallest absolute Gasteiger partial charge is 0.219 e. The zero-order valence-electron chi connectivity index (χ0n) is 9.12. The van der Waals surface area contributed by atoms with E-state index < -0.39 is 0 Å². The average molecular weight is 237 g/mol. The summed E-state index contributed by atoms with van der Waals surface area (Å²) in [4.78, 5) is 11.0. The summed E-state index contributed by atoms with van der Waals surface area (Å²) in [5.41, 5.74) is 13.4. The molecule has 1 amide bonds. The molecule has 0 aliphatic heterocycles. The fraction of sp³-hybridized carbons (Fsp3) is 0.273. The van der Waals surface area contributed by atoms with Gasteiger partial charge in [0.2, 0.25) is 5.91 Å². The van der Waals surface area contributed by atoms with Crippen LogP contribution in [0.2, 0.25) is 0 Å². The van der Waals surface area contributed by atoms with Crippen LogP contribution in [0, 0.1) is 6.92 Å². The molecule has 0 aliphatic rings. The first kappa shape index (κ1) is 12.4. The second kappa shape index (κ2) is 5.46. The van der Waals surface area contributed by atoms with E-state index >= 15 is 0 Å². The van der Waals surface area contributed by atoms with E-state index in [1.165, 1.54) is 0 Å². The van der Waals surface area contributed by atoms with Gasteiger partial charge < -0.3 is 16.8 Å². The Bertz CT molecular complexity index is 418. The van der Waals surface area contributed by atoms with Crippen LogP contribution in [0.5, 0.6) is 0 Å². The minimum Gasteiger partial charge on any atom is -0.389 e. The molecule has 0 fully saturated rings. The lowest BCUT2D eigenvalue weighted by Gasteiger charge is -2.13. The third kappa shape index (κ3) is 3.20. The minimum atomic E-state index is -0.335. The zero-order chi connectivity index (χ0) is 12.1. The van der Waals surface area contributed by atoms with Crippen molar-refractivity contribution in [2.24, 2.45) is 11.5 Å². The molecule has 4 nitrogen and oxygen atoms in total. The molecule has 0 aromatic heterocycles. The van der Waals surface area contributed by atoms with E-state index in [-0.39, 0.29) is 12.3 Å². The number of carbonyl (C=O) groups is 1. The van der Waals surface area contributed by atoms with Gasteiger partial charge in [-0.3, -0.25) is 4.79 Å². The van der Waals surface area contributed by atoms with Crippen molar-refractivity contribution in [2.45, 2.75) is 13.3 Å². The van der Waals surface area contributed by atoms with Crippen LogP contribution in [0.15, 0.2) is 18.2 Å². The van der Waals surface area contributed by atoms with Crippen molar-refractivity contribution in [3.05, 3.63) is 29.3 Å². The summed E-state index contributed by atoms with van der Waals surface area (Å²) >= 11 is 4.96. The lowest BCUT2D eigenvalue weighted by atomic mass is 10.1. The number of amides is 1. The van der Waals surface area contributed by atoms with E-state index in [9.17, 15) is 4.79 Å². The number of primary amides is 1. The van der Waals surface area contributed by atoms with E-state index in [1.54, 1.807) is 0 Å². The molecule has 1 aromatic rings. The quantitative estimate of drug-likeness (QED) is 0.665. The monoisotopic (exact) mass is 237 g/mol. The van der Waals surface area contributed by atoms with Crippen molar-refractivity contribution >= 4 is 28.8 Å². The molecule has 16 heavy (non-hydrogen) atoms. The number of nitrogens with two attached hydrogens (primary N) is 2. The third-order valence-corrected chi connectivity index (χ3v) is 2.43. The van der Waals surface area contributed by atoms with Crippen molar-refractivity contribution in [1.82, 2.24) is 0 Å². The minimum absolute atomic E-state index is 0.283. The Morgan fingerprint density at radius 2 is 2.12 bits per heavy atom. The molecule has 5 N–H and O–H groups in total. The number of rotatable bonds is 5. The fourth-order valence-corrected chi connectivity index (χ4v) is 1.59. The number of para-hydroxylation sites is 1. The standard InChI is InChI=1S/C11H15N3OS/c1-7-3-2-4-8(11(13)16)10(7)14-6-5-9(12)15/h2-4,14H,5-6H2,1H3,(H2,12,15)(H2,13,16). The van der Waals surface area contributed by atoms with Gasteiger partial charge in [0.25, 0.3) is 0 Å². The Balaban J connectivity index is 2.84. The van der Waals surface area contributed by atoms with Crippen molar-refractivity contribution in [1.29, 1.82) is 0 Å². The second-order valence-electron chi connectivity index (χ2n) is 3.50. The first-order valence-electron chi connectivity index (χ1n) is 4.94. The molecule has 86 valence electrons. The lowest BCUT2D eigenvalue weighted by Crippen LogP contribution is -2.18. The van der Waals surface area contributed by atoms with Gasteiger partial charge in [-0.1, -0.05) is 24.4 Å². The predicted octanol–water partition coefficient (Wildman–Crippen LogP) is 0.917. The first-order chi connectivity index (χ1) is 7.52. The molecule has 0 saturated carbocycles. The summed E-state index contributed by atoms with van der Waals surface area (Å²) in [5.74, 6) is -0.335. The van der Waals surface area contributed by atoms with Crippen LogP contribution in [0.3, 0.4) is 0 Å². The van der Waals surface area contributed by atoms with Crippen LogP contribution in [0.25, 0.3) is 0 Å². The van der Waals surface area contributed by atoms with Crippen LogP contribution in [0.1, 0.15) is 17.5 Å². The van der Waals surface area contributed by atoms with Crippen LogP contribution < -0.4 is 16.8 Å². The van der Waals surface area contributed by atoms with Crippen LogP contribution >= 0.6 is 12.2 Å². The van der Waals surface area contributed by atoms with E-state index in [1.807, 2.05) is 25.1 Å². The highest BCUT2D eigenvalue weighted by molar-refractivity contribution is 7.80. The molecule has 1 aromatic carbocycles. The maximum absolute atomic E-state index is 10.6.